The van der Waals surface area contributed by atoms with Gasteiger partial charge in [0.05, 0.1) is 5.56 Å². The van der Waals surface area contributed by atoms with E-state index in [1.807, 2.05) is 17.9 Å². The molecule has 1 aliphatic rings. The van der Waals surface area contributed by atoms with E-state index < -0.39 is 0 Å². The number of nitrogens with zero attached hydrogens (tertiary/aromatic N) is 6. The second-order valence-electron chi connectivity index (χ2n) is 6.86. The molecule has 29 heavy (non-hydrogen) atoms. The number of carbonyl (C=O) groups excluding carboxylic acids is 1. The van der Waals surface area contributed by atoms with Crippen LogP contribution >= 0.6 is 11.6 Å². The molecule has 0 aliphatic carbocycles. The van der Waals surface area contributed by atoms with Gasteiger partial charge in [0, 0.05) is 55.4 Å². The monoisotopic (exact) mass is 408 g/mol. The van der Waals surface area contributed by atoms with E-state index in [1.165, 1.54) is 0 Å². The number of hydrogen-bond acceptors (Lipinski definition) is 6. The van der Waals surface area contributed by atoms with Gasteiger partial charge in [-0.1, -0.05) is 11.6 Å². The maximum Gasteiger partial charge on any atom is 0.254 e. The van der Waals surface area contributed by atoms with Crippen molar-refractivity contribution in [3.63, 3.8) is 0 Å². The minimum Gasteiger partial charge on any atom is -0.355 e. The average molecular weight is 409 g/mol. The Morgan fingerprint density at radius 2 is 1.83 bits per heavy atom. The lowest BCUT2D eigenvalue weighted by Gasteiger charge is -2.23. The number of carbonyl (C=O) groups is 1. The Morgan fingerprint density at radius 3 is 2.62 bits per heavy atom. The first-order valence-corrected chi connectivity index (χ1v) is 9.90. The Kier molecular flexibility index (Phi) is 5.67. The van der Waals surface area contributed by atoms with Crippen LogP contribution in [0.4, 0.5) is 5.82 Å². The first-order valence-electron chi connectivity index (χ1n) is 9.52. The summed E-state index contributed by atoms with van der Waals surface area (Å²) in [7, 11) is 0. The molecule has 3 aromatic rings. The van der Waals surface area contributed by atoms with Gasteiger partial charge in [0.15, 0.2) is 5.82 Å². The largest absolute Gasteiger partial charge is 0.355 e. The van der Waals surface area contributed by atoms with Gasteiger partial charge in [-0.25, -0.2) is 19.9 Å². The Hall–Kier alpha value is -3.06. The number of hydrogen-bond donors (Lipinski definition) is 0. The van der Waals surface area contributed by atoms with Crippen LogP contribution in [0.5, 0.6) is 0 Å². The molecular weight excluding hydrogens is 388 g/mol. The van der Waals surface area contributed by atoms with E-state index in [2.05, 4.69) is 24.8 Å². The SMILES string of the molecule is Cc1nccc(N2CCCN(C(=O)c3cc(Cl)ccc3-c3ncccn3)CC2)n1. The van der Waals surface area contributed by atoms with E-state index in [1.54, 1.807) is 42.9 Å². The van der Waals surface area contributed by atoms with Crippen LogP contribution in [0.15, 0.2) is 48.9 Å². The fourth-order valence-electron chi connectivity index (χ4n) is 3.47. The van der Waals surface area contributed by atoms with Crippen molar-refractivity contribution in [2.24, 2.45) is 0 Å². The van der Waals surface area contributed by atoms with Crippen LogP contribution in [0, 0.1) is 6.92 Å². The van der Waals surface area contributed by atoms with E-state index in [9.17, 15) is 4.79 Å². The summed E-state index contributed by atoms with van der Waals surface area (Å²) in [6, 6.07) is 8.92. The van der Waals surface area contributed by atoms with Gasteiger partial charge in [-0.05, 0) is 43.7 Å². The number of aromatic nitrogens is 4. The molecule has 8 heteroatoms. The third-order valence-corrected chi connectivity index (χ3v) is 5.12. The summed E-state index contributed by atoms with van der Waals surface area (Å²) in [4.78, 5) is 34.7. The van der Waals surface area contributed by atoms with Gasteiger partial charge in [-0.2, -0.15) is 0 Å². The fourth-order valence-corrected chi connectivity index (χ4v) is 3.64. The Labute approximate surface area is 174 Å². The summed E-state index contributed by atoms with van der Waals surface area (Å²) < 4.78 is 0. The molecule has 1 fully saturated rings. The molecule has 1 aliphatic heterocycles. The van der Waals surface area contributed by atoms with Crippen molar-refractivity contribution in [1.29, 1.82) is 0 Å². The molecule has 4 rings (SSSR count). The highest BCUT2D eigenvalue weighted by Gasteiger charge is 2.24. The maximum atomic E-state index is 13.4. The van der Waals surface area contributed by atoms with Gasteiger partial charge in [-0.15, -0.1) is 0 Å². The molecule has 7 nitrogen and oxygen atoms in total. The van der Waals surface area contributed by atoms with Crippen LogP contribution in [0.3, 0.4) is 0 Å². The zero-order valence-corrected chi connectivity index (χ0v) is 16.9. The molecule has 0 bridgehead atoms. The molecule has 0 saturated carbocycles. The van der Waals surface area contributed by atoms with Crippen molar-refractivity contribution >= 4 is 23.3 Å². The molecular formula is C21H21ClN6O. The second-order valence-corrected chi connectivity index (χ2v) is 7.29. The van der Waals surface area contributed by atoms with Crippen molar-refractivity contribution in [1.82, 2.24) is 24.8 Å². The molecule has 0 spiro atoms. The smallest absolute Gasteiger partial charge is 0.254 e. The zero-order valence-electron chi connectivity index (χ0n) is 16.1. The minimum absolute atomic E-state index is 0.0596. The van der Waals surface area contributed by atoms with Crippen molar-refractivity contribution in [2.75, 3.05) is 31.1 Å². The first kappa shape index (κ1) is 19.3. The molecule has 3 heterocycles. The lowest BCUT2D eigenvalue weighted by Crippen LogP contribution is -2.35. The molecule has 2 aromatic heterocycles. The van der Waals surface area contributed by atoms with Gasteiger partial charge in [0.1, 0.15) is 11.6 Å². The van der Waals surface area contributed by atoms with Crippen LogP contribution in [0.25, 0.3) is 11.4 Å². The minimum atomic E-state index is -0.0596. The number of amides is 1. The number of anilines is 1. The van der Waals surface area contributed by atoms with Crippen LogP contribution < -0.4 is 4.90 Å². The second kappa shape index (κ2) is 8.53. The van der Waals surface area contributed by atoms with Crippen molar-refractivity contribution in [3.8, 4) is 11.4 Å². The maximum absolute atomic E-state index is 13.4. The van der Waals surface area contributed by atoms with Crippen LogP contribution in [0.2, 0.25) is 5.02 Å². The van der Waals surface area contributed by atoms with Crippen LogP contribution in [-0.2, 0) is 0 Å². The van der Waals surface area contributed by atoms with Crippen LogP contribution in [-0.4, -0.2) is 56.9 Å². The Bertz CT molecular complexity index is 1010. The van der Waals surface area contributed by atoms with Crippen molar-refractivity contribution in [2.45, 2.75) is 13.3 Å². The molecule has 1 saturated heterocycles. The van der Waals surface area contributed by atoms with Crippen LogP contribution in [0.1, 0.15) is 22.6 Å². The summed E-state index contributed by atoms with van der Waals surface area (Å²) in [5, 5.41) is 0.515. The Balaban J connectivity index is 1.57. The van der Waals surface area contributed by atoms with E-state index in [0.29, 0.717) is 41.6 Å². The fraction of sp³-hybridized carbons (Fsp3) is 0.286. The summed E-state index contributed by atoms with van der Waals surface area (Å²) in [5.41, 5.74) is 1.21. The summed E-state index contributed by atoms with van der Waals surface area (Å²) >= 11 is 6.20. The van der Waals surface area contributed by atoms with Gasteiger partial charge in [0.25, 0.3) is 5.91 Å². The molecule has 0 atom stereocenters. The molecule has 0 N–H and O–H groups in total. The quantitative estimate of drug-likeness (QED) is 0.662. The topological polar surface area (TPSA) is 75.1 Å². The molecule has 148 valence electrons. The number of benzene rings is 1. The summed E-state index contributed by atoms with van der Waals surface area (Å²) in [6.45, 7) is 4.69. The van der Waals surface area contributed by atoms with E-state index >= 15 is 0 Å². The van der Waals surface area contributed by atoms with E-state index in [0.717, 1.165) is 24.6 Å². The molecule has 0 unspecified atom stereocenters. The van der Waals surface area contributed by atoms with E-state index in [-0.39, 0.29) is 5.91 Å². The Morgan fingerprint density at radius 1 is 1.00 bits per heavy atom. The third kappa shape index (κ3) is 4.35. The van der Waals surface area contributed by atoms with Gasteiger partial charge in [0.2, 0.25) is 0 Å². The molecule has 1 aromatic carbocycles. The summed E-state index contributed by atoms with van der Waals surface area (Å²) in [5.74, 6) is 2.09. The predicted molar refractivity (Wildman–Crippen MR) is 112 cm³/mol. The normalized spacial score (nSPS) is 14.6. The number of halogens is 1. The average Bonchev–Trinajstić information content (AvgIpc) is 3.00. The van der Waals surface area contributed by atoms with Crippen molar-refractivity contribution in [3.05, 3.63) is 65.3 Å². The standard InChI is InChI=1S/C21H21ClN6O/c1-15-23-9-6-19(26-15)27-10-3-11-28(13-12-27)21(29)18-14-16(22)4-5-17(18)20-24-7-2-8-25-20/h2,4-9,14H,3,10-13H2,1H3. The molecule has 0 radical (unpaired) electrons. The molecule has 1 amide bonds. The van der Waals surface area contributed by atoms with Gasteiger partial charge >= 0.3 is 0 Å². The third-order valence-electron chi connectivity index (χ3n) is 4.89. The van der Waals surface area contributed by atoms with Gasteiger partial charge in [-0.3, -0.25) is 4.79 Å². The van der Waals surface area contributed by atoms with E-state index in [4.69, 9.17) is 11.6 Å². The lowest BCUT2D eigenvalue weighted by atomic mass is 10.1. The predicted octanol–water partition coefficient (Wildman–Crippen LogP) is 3.25. The van der Waals surface area contributed by atoms with Gasteiger partial charge < -0.3 is 9.80 Å². The van der Waals surface area contributed by atoms with Crippen molar-refractivity contribution < 1.29 is 4.79 Å². The highest BCUT2D eigenvalue weighted by Crippen LogP contribution is 2.25. The zero-order chi connectivity index (χ0) is 20.2. The number of rotatable bonds is 3. The number of aryl methyl sites for hydroxylation is 1. The highest BCUT2D eigenvalue weighted by molar-refractivity contribution is 6.31. The lowest BCUT2D eigenvalue weighted by molar-refractivity contribution is 0.0767. The first-order chi connectivity index (χ1) is 14.1. The summed E-state index contributed by atoms with van der Waals surface area (Å²) in [6.07, 6.45) is 5.95. The highest BCUT2D eigenvalue weighted by atomic mass is 35.5.